The molecule has 0 radical (unpaired) electrons. The van der Waals surface area contributed by atoms with Crippen molar-refractivity contribution in [1.82, 2.24) is 15.5 Å². The van der Waals surface area contributed by atoms with Gasteiger partial charge >= 0.3 is 0 Å². The van der Waals surface area contributed by atoms with E-state index in [0.29, 0.717) is 19.5 Å². The summed E-state index contributed by atoms with van der Waals surface area (Å²) in [4.78, 5) is 27.3. The van der Waals surface area contributed by atoms with Crippen molar-refractivity contribution in [3.05, 3.63) is 22.4 Å². The van der Waals surface area contributed by atoms with Crippen molar-refractivity contribution in [2.45, 2.75) is 31.3 Å². The normalized spacial score (nSPS) is 25.3. The summed E-state index contributed by atoms with van der Waals surface area (Å²) in [7, 11) is 0. The van der Waals surface area contributed by atoms with Crippen molar-refractivity contribution in [2.24, 2.45) is 0 Å². The lowest BCUT2D eigenvalue weighted by Crippen LogP contribution is -2.52. The number of nitrogens with zero attached hydrogens (tertiary/aromatic N) is 1. The van der Waals surface area contributed by atoms with Crippen LogP contribution in [0.25, 0.3) is 0 Å². The lowest BCUT2D eigenvalue weighted by atomic mass is 10.1. The van der Waals surface area contributed by atoms with E-state index in [1.54, 1.807) is 4.90 Å². The van der Waals surface area contributed by atoms with Gasteiger partial charge in [0.05, 0.1) is 0 Å². The molecular formula is C14H20ClN3O2S. The molecule has 0 bridgehead atoms. The quantitative estimate of drug-likeness (QED) is 0.879. The van der Waals surface area contributed by atoms with E-state index < -0.39 is 6.04 Å². The summed E-state index contributed by atoms with van der Waals surface area (Å²) in [6.07, 6.45) is 2.68. The van der Waals surface area contributed by atoms with Crippen LogP contribution in [0.15, 0.2) is 17.5 Å². The van der Waals surface area contributed by atoms with Gasteiger partial charge in [-0.15, -0.1) is 23.7 Å². The number of carbonyl (C=O) groups excluding carboxylic acids is 2. The molecule has 2 amide bonds. The summed E-state index contributed by atoms with van der Waals surface area (Å²) < 4.78 is 0. The van der Waals surface area contributed by atoms with E-state index in [2.05, 4.69) is 10.6 Å². The molecular weight excluding hydrogens is 310 g/mol. The maximum atomic E-state index is 12.5. The third kappa shape index (κ3) is 3.56. The third-order valence-corrected chi connectivity index (χ3v) is 4.85. The van der Waals surface area contributed by atoms with Crippen molar-refractivity contribution in [1.29, 1.82) is 0 Å². The van der Waals surface area contributed by atoms with E-state index in [9.17, 15) is 9.59 Å². The van der Waals surface area contributed by atoms with Crippen LogP contribution in [0.4, 0.5) is 0 Å². The first kappa shape index (κ1) is 16.3. The minimum absolute atomic E-state index is 0. The molecule has 0 spiro atoms. The summed E-state index contributed by atoms with van der Waals surface area (Å²) in [5.74, 6) is 0.0177. The molecule has 5 nitrogen and oxygen atoms in total. The third-order valence-electron chi connectivity index (χ3n) is 3.93. The highest BCUT2D eigenvalue weighted by atomic mass is 35.5. The molecule has 2 aliphatic rings. The Labute approximate surface area is 134 Å². The van der Waals surface area contributed by atoms with Gasteiger partial charge in [0.25, 0.3) is 0 Å². The van der Waals surface area contributed by atoms with Crippen LogP contribution >= 0.6 is 23.7 Å². The first-order chi connectivity index (χ1) is 9.75. The van der Waals surface area contributed by atoms with Crippen LogP contribution in [0, 0.1) is 0 Å². The molecule has 2 unspecified atom stereocenters. The Bertz CT molecular complexity index is 488. The van der Waals surface area contributed by atoms with Crippen molar-refractivity contribution in [3.63, 3.8) is 0 Å². The molecule has 1 aromatic rings. The van der Waals surface area contributed by atoms with Crippen molar-refractivity contribution in [3.8, 4) is 0 Å². The number of carbonyl (C=O) groups is 2. The molecule has 0 aromatic carbocycles. The number of thiophene rings is 1. The second kappa shape index (κ2) is 7.24. The summed E-state index contributed by atoms with van der Waals surface area (Å²) in [5.41, 5.74) is 0. The molecule has 1 aromatic heterocycles. The zero-order valence-corrected chi connectivity index (χ0v) is 13.3. The molecule has 116 valence electrons. The Balaban J connectivity index is 0.00000161. The highest BCUT2D eigenvalue weighted by Crippen LogP contribution is 2.28. The van der Waals surface area contributed by atoms with Gasteiger partial charge in [0.1, 0.15) is 6.04 Å². The standard InChI is InChI=1S/C14H19N3O2S.ClH/c18-12(9-10-3-1-5-15-10)17-7-6-16-14(19)13(17)11-4-2-8-20-11;/h2,4,8,10,13,15H,1,3,5-7,9H2,(H,16,19);1H. The number of nitrogens with one attached hydrogen (secondary N) is 2. The van der Waals surface area contributed by atoms with Gasteiger partial charge in [0, 0.05) is 30.4 Å². The fourth-order valence-electron chi connectivity index (χ4n) is 2.92. The Morgan fingerprint density at radius 3 is 2.95 bits per heavy atom. The molecule has 2 atom stereocenters. The van der Waals surface area contributed by atoms with Crippen LogP contribution in [-0.4, -0.2) is 42.4 Å². The van der Waals surface area contributed by atoms with E-state index in [1.165, 1.54) is 11.3 Å². The lowest BCUT2D eigenvalue weighted by molar-refractivity contribution is -0.143. The van der Waals surface area contributed by atoms with E-state index >= 15 is 0 Å². The molecule has 0 saturated carbocycles. The summed E-state index contributed by atoms with van der Waals surface area (Å²) in [6.45, 7) is 2.14. The SMILES string of the molecule is Cl.O=C1NCCN(C(=O)CC2CCCN2)C1c1cccs1. The van der Waals surface area contributed by atoms with Gasteiger partial charge in [-0.25, -0.2) is 0 Å². The van der Waals surface area contributed by atoms with Gasteiger partial charge in [-0.05, 0) is 30.8 Å². The number of hydrogen-bond acceptors (Lipinski definition) is 4. The maximum absolute atomic E-state index is 12.5. The first-order valence-electron chi connectivity index (χ1n) is 7.09. The smallest absolute Gasteiger partial charge is 0.248 e. The molecule has 7 heteroatoms. The zero-order valence-electron chi connectivity index (χ0n) is 11.7. The monoisotopic (exact) mass is 329 g/mol. The van der Waals surface area contributed by atoms with Crippen molar-refractivity contribution >= 4 is 35.6 Å². The van der Waals surface area contributed by atoms with Gasteiger partial charge < -0.3 is 15.5 Å². The molecule has 3 heterocycles. The van der Waals surface area contributed by atoms with Gasteiger partial charge in [-0.2, -0.15) is 0 Å². The molecule has 2 fully saturated rings. The summed E-state index contributed by atoms with van der Waals surface area (Å²) in [5, 5.41) is 8.14. The van der Waals surface area contributed by atoms with E-state index in [1.807, 2.05) is 17.5 Å². The predicted octanol–water partition coefficient (Wildman–Crippen LogP) is 1.31. The van der Waals surface area contributed by atoms with Crippen LogP contribution in [0.5, 0.6) is 0 Å². The number of amides is 2. The predicted molar refractivity (Wildman–Crippen MR) is 84.7 cm³/mol. The second-order valence-electron chi connectivity index (χ2n) is 5.29. The topological polar surface area (TPSA) is 61.4 Å². The van der Waals surface area contributed by atoms with E-state index in [0.717, 1.165) is 24.3 Å². The van der Waals surface area contributed by atoms with Gasteiger partial charge in [0.15, 0.2) is 0 Å². The highest BCUT2D eigenvalue weighted by Gasteiger charge is 2.35. The Hall–Kier alpha value is -1.11. The average Bonchev–Trinajstić information content (AvgIpc) is 3.10. The summed E-state index contributed by atoms with van der Waals surface area (Å²) in [6, 6.07) is 3.67. The van der Waals surface area contributed by atoms with Gasteiger partial charge in [-0.3, -0.25) is 9.59 Å². The molecule has 2 N–H and O–H groups in total. The fraction of sp³-hybridized carbons (Fsp3) is 0.571. The van der Waals surface area contributed by atoms with Crippen LogP contribution < -0.4 is 10.6 Å². The highest BCUT2D eigenvalue weighted by molar-refractivity contribution is 7.10. The number of rotatable bonds is 3. The minimum Gasteiger partial charge on any atom is -0.352 e. The average molecular weight is 330 g/mol. The first-order valence-corrected chi connectivity index (χ1v) is 7.97. The molecule has 2 aliphatic heterocycles. The number of halogens is 1. The number of piperazine rings is 1. The Kier molecular flexibility index (Phi) is 5.61. The van der Waals surface area contributed by atoms with Crippen molar-refractivity contribution in [2.75, 3.05) is 19.6 Å². The zero-order chi connectivity index (χ0) is 13.9. The Morgan fingerprint density at radius 1 is 1.43 bits per heavy atom. The molecule has 21 heavy (non-hydrogen) atoms. The van der Waals surface area contributed by atoms with E-state index in [-0.39, 0.29) is 30.3 Å². The second-order valence-corrected chi connectivity index (χ2v) is 6.27. The molecule has 0 aliphatic carbocycles. The fourth-order valence-corrected chi connectivity index (χ4v) is 3.76. The van der Waals surface area contributed by atoms with Crippen molar-refractivity contribution < 1.29 is 9.59 Å². The van der Waals surface area contributed by atoms with Gasteiger partial charge in [0.2, 0.25) is 11.8 Å². The largest absolute Gasteiger partial charge is 0.352 e. The molecule has 3 rings (SSSR count). The van der Waals surface area contributed by atoms with Crippen LogP contribution in [0.3, 0.4) is 0 Å². The molecule has 2 saturated heterocycles. The lowest BCUT2D eigenvalue weighted by Gasteiger charge is -2.35. The van der Waals surface area contributed by atoms with Crippen LogP contribution in [-0.2, 0) is 9.59 Å². The van der Waals surface area contributed by atoms with Crippen LogP contribution in [0.2, 0.25) is 0 Å². The Morgan fingerprint density at radius 2 is 2.29 bits per heavy atom. The maximum Gasteiger partial charge on any atom is 0.248 e. The van der Waals surface area contributed by atoms with Gasteiger partial charge in [-0.1, -0.05) is 6.07 Å². The number of hydrogen-bond donors (Lipinski definition) is 2. The summed E-state index contributed by atoms with van der Waals surface area (Å²) >= 11 is 1.53. The van der Waals surface area contributed by atoms with Crippen LogP contribution in [0.1, 0.15) is 30.2 Å². The van der Waals surface area contributed by atoms with E-state index in [4.69, 9.17) is 0 Å². The minimum atomic E-state index is -0.447.